The minimum Gasteiger partial charge on any atom is -0.477 e. The van der Waals surface area contributed by atoms with Crippen LogP contribution in [0.25, 0.3) is 0 Å². The monoisotopic (exact) mass is 281 g/mol. The number of hydrogen-bond donors (Lipinski definition) is 1. The van der Waals surface area contributed by atoms with Gasteiger partial charge < -0.3 is 5.11 Å². The van der Waals surface area contributed by atoms with Crippen molar-refractivity contribution in [1.82, 2.24) is 0 Å². The number of nitrogens with zero attached hydrogens (tertiary/aromatic N) is 1. The molecule has 3 nitrogen and oxygen atoms in total. The number of benzene rings is 1. The maximum absolute atomic E-state index is 11.0. The molecule has 0 radical (unpaired) electrons. The average Bonchev–Trinajstić information content (AvgIpc) is 2.60. The van der Waals surface area contributed by atoms with Crippen molar-refractivity contribution in [3.8, 4) is 0 Å². The van der Waals surface area contributed by atoms with Crippen molar-refractivity contribution in [1.29, 1.82) is 0 Å². The van der Waals surface area contributed by atoms with E-state index in [9.17, 15) is 4.79 Å². The van der Waals surface area contributed by atoms with Gasteiger partial charge in [-0.15, -0.1) is 0 Å². The van der Waals surface area contributed by atoms with Crippen molar-refractivity contribution in [3.63, 3.8) is 0 Å². The lowest BCUT2D eigenvalue weighted by Gasteiger charge is -2.08. The van der Waals surface area contributed by atoms with Crippen molar-refractivity contribution < 1.29 is 9.90 Å². The lowest BCUT2D eigenvalue weighted by atomic mass is 10.2. The number of aliphatic carboxylic acids is 1. The van der Waals surface area contributed by atoms with E-state index in [4.69, 9.17) is 16.7 Å². The SMILES string of the molecule is CC1=C(Sc2ccc(Cl)cc2)C(C)N=C1C(=O)O. The molecule has 0 bridgehead atoms. The number of thioether (sulfide) groups is 1. The molecular formula is C13H12ClNO2S. The van der Waals surface area contributed by atoms with E-state index in [2.05, 4.69) is 4.99 Å². The molecule has 0 spiro atoms. The fourth-order valence-electron chi connectivity index (χ4n) is 1.79. The van der Waals surface area contributed by atoms with Crippen LogP contribution in [0.5, 0.6) is 0 Å². The molecule has 1 aliphatic heterocycles. The molecule has 1 aliphatic rings. The van der Waals surface area contributed by atoms with Gasteiger partial charge in [-0.2, -0.15) is 0 Å². The molecule has 0 aliphatic carbocycles. The van der Waals surface area contributed by atoms with Crippen LogP contribution in [0.2, 0.25) is 5.02 Å². The third-order valence-corrected chi connectivity index (χ3v) is 4.30. The Labute approximate surface area is 115 Å². The van der Waals surface area contributed by atoms with Crippen LogP contribution in [0.1, 0.15) is 13.8 Å². The second kappa shape index (κ2) is 5.16. The Bertz CT molecular complexity index is 549. The summed E-state index contributed by atoms with van der Waals surface area (Å²) in [4.78, 5) is 17.2. The van der Waals surface area contributed by atoms with Gasteiger partial charge in [0.25, 0.3) is 0 Å². The highest BCUT2D eigenvalue weighted by Gasteiger charge is 2.27. The minimum absolute atomic E-state index is 0.100. The van der Waals surface area contributed by atoms with Gasteiger partial charge in [-0.25, -0.2) is 4.79 Å². The summed E-state index contributed by atoms with van der Waals surface area (Å²) in [5, 5.41) is 9.72. The van der Waals surface area contributed by atoms with Gasteiger partial charge >= 0.3 is 5.97 Å². The molecular weight excluding hydrogens is 270 g/mol. The van der Waals surface area contributed by atoms with Gasteiger partial charge in [-0.1, -0.05) is 23.4 Å². The number of aliphatic imine (C=N–C) groups is 1. The summed E-state index contributed by atoms with van der Waals surface area (Å²) in [7, 11) is 0. The normalized spacial score (nSPS) is 19.1. The summed E-state index contributed by atoms with van der Waals surface area (Å²) >= 11 is 7.37. The van der Waals surface area contributed by atoms with Crippen LogP contribution in [0.15, 0.2) is 44.6 Å². The van der Waals surface area contributed by atoms with Gasteiger partial charge in [0.05, 0.1) is 6.04 Å². The van der Waals surface area contributed by atoms with Crippen molar-refractivity contribution >= 4 is 35.0 Å². The molecule has 1 unspecified atom stereocenters. The molecule has 5 heteroatoms. The number of carboxylic acid groups (broad SMARTS) is 1. The first-order valence-corrected chi connectivity index (χ1v) is 6.64. The highest BCUT2D eigenvalue weighted by atomic mass is 35.5. The minimum atomic E-state index is -0.967. The first-order chi connectivity index (χ1) is 8.49. The predicted octanol–water partition coefficient (Wildman–Crippen LogP) is 3.63. The molecule has 0 saturated carbocycles. The Balaban J connectivity index is 2.25. The van der Waals surface area contributed by atoms with Gasteiger partial charge in [-0.3, -0.25) is 4.99 Å². The maximum Gasteiger partial charge on any atom is 0.354 e. The fraction of sp³-hybridized carbons (Fsp3) is 0.231. The largest absolute Gasteiger partial charge is 0.477 e. The van der Waals surface area contributed by atoms with E-state index in [1.165, 1.54) is 0 Å². The van der Waals surface area contributed by atoms with Gasteiger partial charge in [-0.05, 0) is 43.7 Å². The Morgan fingerprint density at radius 1 is 1.39 bits per heavy atom. The Morgan fingerprint density at radius 2 is 2.00 bits per heavy atom. The predicted molar refractivity (Wildman–Crippen MR) is 74.5 cm³/mol. The number of carbonyl (C=O) groups is 1. The second-order valence-electron chi connectivity index (χ2n) is 4.00. The number of hydrogen-bond acceptors (Lipinski definition) is 3. The summed E-state index contributed by atoms with van der Waals surface area (Å²) in [5.41, 5.74) is 0.911. The van der Waals surface area contributed by atoms with Crippen LogP contribution >= 0.6 is 23.4 Å². The van der Waals surface area contributed by atoms with Crippen LogP contribution in [0.3, 0.4) is 0 Å². The third kappa shape index (κ3) is 2.60. The second-order valence-corrected chi connectivity index (χ2v) is 5.56. The Kier molecular flexibility index (Phi) is 3.78. The molecule has 94 valence electrons. The first-order valence-electron chi connectivity index (χ1n) is 5.44. The summed E-state index contributed by atoms with van der Waals surface area (Å²) < 4.78 is 0. The van der Waals surface area contributed by atoms with Gasteiger partial charge in [0.1, 0.15) is 5.71 Å². The zero-order chi connectivity index (χ0) is 13.3. The zero-order valence-electron chi connectivity index (χ0n) is 9.98. The Morgan fingerprint density at radius 3 is 2.50 bits per heavy atom. The van der Waals surface area contributed by atoms with Crippen LogP contribution in [-0.4, -0.2) is 22.8 Å². The molecule has 1 aromatic rings. The Hall–Kier alpha value is -1.26. The van der Waals surface area contributed by atoms with E-state index in [1.807, 2.05) is 31.2 Å². The standard InChI is InChI=1S/C13H12ClNO2S/c1-7-11(13(16)17)15-8(2)12(7)18-10-5-3-9(14)4-6-10/h3-6,8H,1-2H3,(H,16,17). The average molecular weight is 282 g/mol. The number of carboxylic acids is 1. The molecule has 0 amide bonds. The van der Waals surface area contributed by atoms with E-state index >= 15 is 0 Å². The molecule has 0 aromatic heterocycles. The highest BCUT2D eigenvalue weighted by molar-refractivity contribution is 8.03. The number of halogens is 1. The highest BCUT2D eigenvalue weighted by Crippen LogP contribution is 2.36. The van der Waals surface area contributed by atoms with Crippen molar-refractivity contribution in [2.24, 2.45) is 4.99 Å². The number of rotatable bonds is 3. The van der Waals surface area contributed by atoms with Crippen molar-refractivity contribution in [2.75, 3.05) is 0 Å². The molecule has 0 fully saturated rings. The first kappa shape index (κ1) is 13.2. The summed E-state index contributed by atoms with van der Waals surface area (Å²) in [5.74, 6) is -0.967. The van der Waals surface area contributed by atoms with E-state index in [-0.39, 0.29) is 11.8 Å². The van der Waals surface area contributed by atoms with Crippen LogP contribution < -0.4 is 0 Å². The van der Waals surface area contributed by atoms with Crippen molar-refractivity contribution in [2.45, 2.75) is 24.8 Å². The van der Waals surface area contributed by atoms with E-state index in [0.29, 0.717) is 5.02 Å². The third-order valence-electron chi connectivity index (χ3n) is 2.67. The van der Waals surface area contributed by atoms with E-state index in [1.54, 1.807) is 18.7 Å². The van der Waals surface area contributed by atoms with E-state index in [0.717, 1.165) is 15.4 Å². The molecule has 1 heterocycles. The van der Waals surface area contributed by atoms with Crippen LogP contribution in [-0.2, 0) is 4.79 Å². The van der Waals surface area contributed by atoms with Gasteiger partial charge in [0, 0.05) is 14.8 Å². The van der Waals surface area contributed by atoms with Crippen LogP contribution in [0, 0.1) is 0 Å². The summed E-state index contributed by atoms with van der Waals surface area (Å²) in [6.45, 7) is 3.70. The van der Waals surface area contributed by atoms with E-state index < -0.39 is 5.97 Å². The topological polar surface area (TPSA) is 49.7 Å². The lowest BCUT2D eigenvalue weighted by Crippen LogP contribution is -2.11. The lowest BCUT2D eigenvalue weighted by molar-refractivity contribution is -0.129. The summed E-state index contributed by atoms with van der Waals surface area (Å²) in [6.07, 6.45) is 0. The molecule has 1 atom stereocenters. The van der Waals surface area contributed by atoms with Gasteiger partial charge in [0.2, 0.25) is 0 Å². The maximum atomic E-state index is 11.0. The molecule has 2 rings (SSSR count). The van der Waals surface area contributed by atoms with Crippen molar-refractivity contribution in [3.05, 3.63) is 39.8 Å². The summed E-state index contributed by atoms with van der Waals surface area (Å²) in [6, 6.07) is 7.37. The molecule has 1 N–H and O–H groups in total. The zero-order valence-corrected chi connectivity index (χ0v) is 11.5. The molecule has 18 heavy (non-hydrogen) atoms. The van der Waals surface area contributed by atoms with Gasteiger partial charge in [0.15, 0.2) is 0 Å². The molecule has 1 aromatic carbocycles. The smallest absolute Gasteiger partial charge is 0.354 e. The van der Waals surface area contributed by atoms with Crippen LogP contribution in [0.4, 0.5) is 0 Å². The quantitative estimate of drug-likeness (QED) is 0.920. The molecule has 0 saturated heterocycles. The fourth-order valence-corrected chi connectivity index (χ4v) is 2.91.